The Labute approximate surface area is 181 Å². The fraction of sp³-hybridized carbons (Fsp3) is 0.455. The van der Waals surface area contributed by atoms with E-state index in [9.17, 15) is 4.79 Å². The predicted molar refractivity (Wildman–Crippen MR) is 121 cm³/mol. The van der Waals surface area contributed by atoms with E-state index in [4.69, 9.17) is 4.74 Å². The zero-order valence-corrected chi connectivity index (χ0v) is 18.8. The first-order valence-corrected chi connectivity index (χ1v) is 11.3. The molecule has 3 aromatic rings. The Balaban J connectivity index is 1.71. The molecule has 0 aliphatic heterocycles. The number of benzene rings is 1. The summed E-state index contributed by atoms with van der Waals surface area (Å²) in [5.74, 6) is 1.80. The van der Waals surface area contributed by atoms with Gasteiger partial charge >= 0.3 is 6.09 Å². The Morgan fingerprint density at radius 2 is 2.00 bits per heavy atom. The van der Waals surface area contributed by atoms with Crippen LogP contribution < -0.4 is 5.32 Å². The maximum Gasteiger partial charge on any atom is 0.412 e. The van der Waals surface area contributed by atoms with Crippen LogP contribution in [0.4, 0.5) is 10.5 Å². The first-order chi connectivity index (χ1) is 14.4. The highest BCUT2D eigenvalue weighted by atomic mass is 32.2. The molecule has 0 bridgehead atoms. The van der Waals surface area contributed by atoms with E-state index >= 15 is 0 Å². The van der Waals surface area contributed by atoms with E-state index in [-0.39, 0.29) is 0 Å². The lowest BCUT2D eigenvalue weighted by Gasteiger charge is -2.19. The van der Waals surface area contributed by atoms with Crippen molar-refractivity contribution >= 4 is 34.6 Å². The fourth-order valence-corrected chi connectivity index (χ4v) is 3.75. The van der Waals surface area contributed by atoms with Gasteiger partial charge in [0.2, 0.25) is 0 Å². The number of ether oxygens (including phenoxy) is 1. The van der Waals surface area contributed by atoms with Crippen LogP contribution in [0.3, 0.4) is 0 Å². The number of carbonyl (C=O) groups excluding carboxylic acids is 1. The van der Waals surface area contributed by atoms with E-state index in [2.05, 4.69) is 27.2 Å². The van der Waals surface area contributed by atoms with Crippen molar-refractivity contribution in [3.8, 4) is 5.82 Å². The number of rotatable bonds is 8. The molecule has 8 heteroatoms. The van der Waals surface area contributed by atoms with E-state index < -0.39 is 11.7 Å². The second-order valence-corrected chi connectivity index (χ2v) is 9.11. The minimum absolute atomic E-state index is 0.488. The maximum absolute atomic E-state index is 12.0. The summed E-state index contributed by atoms with van der Waals surface area (Å²) in [7, 11) is 0. The summed E-state index contributed by atoms with van der Waals surface area (Å²) >= 11 is 1.68. The van der Waals surface area contributed by atoms with Crippen molar-refractivity contribution < 1.29 is 9.53 Å². The lowest BCUT2D eigenvalue weighted by molar-refractivity contribution is 0.0636. The Morgan fingerprint density at radius 1 is 1.17 bits per heavy atom. The molecule has 30 heavy (non-hydrogen) atoms. The number of thioether (sulfide) groups is 1. The smallest absolute Gasteiger partial charge is 0.412 e. The van der Waals surface area contributed by atoms with Crippen molar-refractivity contribution in [3.63, 3.8) is 0 Å². The molecule has 1 amide bonds. The second-order valence-electron chi connectivity index (χ2n) is 8.05. The largest absolute Gasteiger partial charge is 0.444 e. The molecule has 3 rings (SSSR count). The molecule has 1 N–H and O–H groups in total. The maximum atomic E-state index is 12.0. The molecule has 7 nitrogen and oxygen atoms in total. The molecule has 2 heterocycles. The highest BCUT2D eigenvalue weighted by molar-refractivity contribution is 7.99. The summed E-state index contributed by atoms with van der Waals surface area (Å²) in [6, 6.07) is 7.43. The van der Waals surface area contributed by atoms with Crippen LogP contribution >= 0.6 is 11.8 Å². The van der Waals surface area contributed by atoms with Gasteiger partial charge in [0.25, 0.3) is 0 Å². The van der Waals surface area contributed by atoms with Crippen molar-refractivity contribution in [3.05, 3.63) is 36.8 Å². The third-order valence-electron chi connectivity index (χ3n) is 4.29. The molecule has 1 aromatic carbocycles. The molecule has 0 atom stereocenters. The number of nitrogens with one attached hydrogen (secondary N) is 1. The van der Waals surface area contributed by atoms with Gasteiger partial charge in [-0.25, -0.2) is 19.7 Å². The Morgan fingerprint density at radius 3 is 2.77 bits per heavy atom. The van der Waals surface area contributed by atoms with Gasteiger partial charge in [-0.15, -0.1) is 0 Å². The number of hydrogen-bond donors (Lipinski definition) is 1. The van der Waals surface area contributed by atoms with Gasteiger partial charge in [-0.1, -0.05) is 37.9 Å². The minimum Gasteiger partial charge on any atom is -0.444 e. The average molecular weight is 428 g/mol. The number of unbranched alkanes of at least 4 members (excludes halogenated alkanes) is 3. The van der Waals surface area contributed by atoms with Gasteiger partial charge in [-0.05, 0) is 51.5 Å². The molecule has 0 aliphatic carbocycles. The first-order valence-electron chi connectivity index (χ1n) is 10.3. The van der Waals surface area contributed by atoms with Gasteiger partial charge in [-0.3, -0.25) is 9.88 Å². The van der Waals surface area contributed by atoms with Gasteiger partial charge in [-0.2, -0.15) is 0 Å². The molecule has 0 unspecified atom stereocenters. The summed E-state index contributed by atoms with van der Waals surface area (Å²) in [4.78, 5) is 25.5. The zero-order chi connectivity index (χ0) is 21.6. The number of hydrogen-bond acceptors (Lipinski definition) is 6. The number of aromatic nitrogens is 4. The highest BCUT2D eigenvalue weighted by Crippen LogP contribution is 2.23. The molecule has 0 saturated carbocycles. The van der Waals surface area contributed by atoms with E-state index in [1.165, 1.54) is 25.7 Å². The van der Waals surface area contributed by atoms with Gasteiger partial charge in [0.05, 0.1) is 11.0 Å². The Bertz CT molecular complexity index is 997. The molecule has 0 aliphatic rings. The molecule has 0 radical (unpaired) electrons. The number of amides is 1. The Hall–Kier alpha value is -2.61. The van der Waals surface area contributed by atoms with Crippen LogP contribution in [0, 0.1) is 0 Å². The van der Waals surface area contributed by atoms with E-state index in [0.717, 1.165) is 27.8 Å². The van der Waals surface area contributed by atoms with Crippen LogP contribution in [0.25, 0.3) is 16.9 Å². The van der Waals surface area contributed by atoms with Crippen LogP contribution in [0.2, 0.25) is 0 Å². The standard InChI is InChI=1S/C22H29N5O2S/c1-5-6-7-8-13-30-20-23-12-11-19(26-20)27-15-24-17-14-16(9-10-18(17)27)25-21(28)29-22(2,3)4/h9-12,14-15H,5-8,13H2,1-4H3,(H,25,28). The van der Waals surface area contributed by atoms with Crippen LogP contribution in [0.1, 0.15) is 53.4 Å². The fourth-order valence-electron chi connectivity index (χ4n) is 2.92. The van der Waals surface area contributed by atoms with E-state index in [0.29, 0.717) is 5.69 Å². The van der Waals surface area contributed by atoms with Crippen LogP contribution in [-0.4, -0.2) is 37.0 Å². The van der Waals surface area contributed by atoms with Gasteiger partial charge in [0.15, 0.2) is 5.16 Å². The first kappa shape index (κ1) is 22.1. The summed E-state index contributed by atoms with van der Waals surface area (Å²) in [5.41, 5.74) is 1.75. The Kier molecular flexibility index (Phi) is 7.31. The van der Waals surface area contributed by atoms with Gasteiger partial charge in [0.1, 0.15) is 17.7 Å². The normalized spacial score (nSPS) is 11.6. The summed E-state index contributed by atoms with van der Waals surface area (Å²) in [5, 5.41) is 3.52. The van der Waals surface area contributed by atoms with Crippen LogP contribution in [-0.2, 0) is 4.74 Å². The average Bonchev–Trinajstić information content (AvgIpc) is 3.10. The predicted octanol–water partition coefficient (Wildman–Crippen LogP) is 5.83. The number of imidazole rings is 1. The molecular weight excluding hydrogens is 398 g/mol. The lowest BCUT2D eigenvalue weighted by Crippen LogP contribution is -2.27. The molecule has 2 aromatic heterocycles. The van der Waals surface area contributed by atoms with Crippen LogP contribution in [0.5, 0.6) is 0 Å². The summed E-state index contributed by atoms with van der Waals surface area (Å²) < 4.78 is 7.23. The third-order valence-corrected chi connectivity index (χ3v) is 5.23. The minimum atomic E-state index is -0.547. The lowest BCUT2D eigenvalue weighted by atomic mass is 10.2. The molecular formula is C22H29N5O2S. The number of nitrogens with zero attached hydrogens (tertiary/aromatic N) is 4. The summed E-state index contributed by atoms with van der Waals surface area (Å²) in [6.45, 7) is 7.70. The van der Waals surface area contributed by atoms with Gasteiger partial charge < -0.3 is 4.74 Å². The molecule has 0 fully saturated rings. The van der Waals surface area contributed by atoms with E-state index in [1.807, 2.05) is 49.6 Å². The van der Waals surface area contributed by atoms with Crippen molar-refractivity contribution in [2.24, 2.45) is 0 Å². The highest BCUT2D eigenvalue weighted by Gasteiger charge is 2.16. The monoisotopic (exact) mass is 427 g/mol. The second kappa shape index (κ2) is 9.93. The molecule has 0 spiro atoms. The quantitative estimate of drug-likeness (QED) is 0.276. The third kappa shape index (κ3) is 6.19. The number of carbonyl (C=O) groups is 1. The molecule has 0 saturated heterocycles. The zero-order valence-electron chi connectivity index (χ0n) is 18.0. The number of fused-ring (bicyclic) bond motifs is 1. The topological polar surface area (TPSA) is 81.9 Å². The SMILES string of the molecule is CCCCCCSc1nccc(-n2cnc3cc(NC(=O)OC(C)(C)C)ccc32)n1. The summed E-state index contributed by atoms with van der Waals surface area (Å²) in [6.07, 6.45) is 7.95. The van der Waals surface area contributed by atoms with Crippen LogP contribution in [0.15, 0.2) is 41.9 Å². The van der Waals surface area contributed by atoms with Crippen molar-refractivity contribution in [1.82, 2.24) is 19.5 Å². The number of anilines is 1. The van der Waals surface area contributed by atoms with Crippen molar-refractivity contribution in [2.45, 2.75) is 64.1 Å². The van der Waals surface area contributed by atoms with E-state index in [1.54, 1.807) is 24.3 Å². The van der Waals surface area contributed by atoms with Gasteiger partial charge in [0, 0.05) is 17.6 Å². The van der Waals surface area contributed by atoms with Crippen molar-refractivity contribution in [1.29, 1.82) is 0 Å². The van der Waals surface area contributed by atoms with Crippen molar-refractivity contribution in [2.75, 3.05) is 11.1 Å². The molecule has 160 valence electrons.